The third kappa shape index (κ3) is 4.52. The Bertz CT molecular complexity index is 968. The topological polar surface area (TPSA) is 83.1 Å². The number of para-hydroxylation sites is 2. The van der Waals surface area contributed by atoms with Crippen LogP contribution < -0.4 is 20.3 Å². The predicted octanol–water partition coefficient (Wildman–Crippen LogP) is 2.36. The van der Waals surface area contributed by atoms with Gasteiger partial charge in [-0.25, -0.2) is 9.59 Å². The highest BCUT2D eigenvalue weighted by Crippen LogP contribution is 2.32. The number of benzene rings is 1. The molecule has 8 nitrogen and oxygen atoms in total. The van der Waals surface area contributed by atoms with Crippen molar-refractivity contribution in [2.45, 2.75) is 6.04 Å². The van der Waals surface area contributed by atoms with Gasteiger partial charge in [0.25, 0.3) is 0 Å². The van der Waals surface area contributed by atoms with Crippen molar-refractivity contribution in [2.24, 2.45) is 0 Å². The van der Waals surface area contributed by atoms with E-state index in [-0.39, 0.29) is 6.03 Å². The fraction of sp³-hybridized carbons (Fsp3) is 0.364. The first kappa shape index (κ1) is 21.2. The summed E-state index contributed by atoms with van der Waals surface area (Å²) in [4.78, 5) is 30.4. The lowest BCUT2D eigenvalue weighted by atomic mass is 10.0. The zero-order valence-corrected chi connectivity index (χ0v) is 18.4. The number of ether oxygens (including phenoxy) is 2. The molecule has 31 heavy (non-hydrogen) atoms. The van der Waals surface area contributed by atoms with E-state index in [1.165, 1.54) is 18.4 Å². The molecule has 1 saturated heterocycles. The van der Waals surface area contributed by atoms with E-state index >= 15 is 0 Å². The number of nitrogens with one attached hydrogen (secondary N) is 2. The monoisotopic (exact) mass is 442 g/mol. The number of methoxy groups -OCH3 is 2. The number of thiophene rings is 1. The molecule has 3 heterocycles. The van der Waals surface area contributed by atoms with Crippen LogP contribution in [0.2, 0.25) is 0 Å². The van der Waals surface area contributed by atoms with Crippen LogP contribution in [0.4, 0.5) is 10.5 Å². The number of urea groups is 1. The van der Waals surface area contributed by atoms with Gasteiger partial charge in [-0.3, -0.25) is 4.90 Å². The fourth-order valence-corrected chi connectivity index (χ4v) is 4.81. The lowest BCUT2D eigenvalue weighted by molar-refractivity contribution is -0.136. The Labute approximate surface area is 185 Å². The minimum atomic E-state index is -0.508. The van der Waals surface area contributed by atoms with Crippen LogP contribution in [-0.2, 0) is 9.53 Å². The summed E-state index contributed by atoms with van der Waals surface area (Å²) in [6.45, 7) is 3.70. The van der Waals surface area contributed by atoms with Crippen molar-refractivity contribution < 1.29 is 19.1 Å². The van der Waals surface area contributed by atoms with E-state index < -0.39 is 12.0 Å². The summed E-state index contributed by atoms with van der Waals surface area (Å²) >= 11 is 1.50. The number of amides is 2. The first-order valence-electron chi connectivity index (χ1n) is 10.1. The number of hydrogen-bond donors (Lipinski definition) is 2. The molecule has 2 aliphatic rings. The maximum absolute atomic E-state index is 12.6. The van der Waals surface area contributed by atoms with Crippen LogP contribution in [-0.4, -0.2) is 63.8 Å². The van der Waals surface area contributed by atoms with Gasteiger partial charge in [-0.2, -0.15) is 0 Å². The molecule has 2 amide bonds. The van der Waals surface area contributed by atoms with Crippen LogP contribution >= 0.6 is 11.3 Å². The van der Waals surface area contributed by atoms with E-state index in [1.54, 1.807) is 7.11 Å². The molecule has 1 aromatic heterocycles. The average molecular weight is 443 g/mol. The summed E-state index contributed by atoms with van der Waals surface area (Å²) in [5.41, 5.74) is 2.13. The van der Waals surface area contributed by atoms with Gasteiger partial charge in [0.05, 0.1) is 31.5 Å². The Kier molecular flexibility index (Phi) is 6.43. The lowest BCUT2D eigenvalue weighted by Crippen LogP contribution is -2.51. The van der Waals surface area contributed by atoms with Gasteiger partial charge in [-0.1, -0.05) is 18.2 Å². The van der Waals surface area contributed by atoms with Crippen molar-refractivity contribution >= 4 is 29.0 Å². The van der Waals surface area contributed by atoms with E-state index in [0.29, 0.717) is 17.8 Å². The number of anilines is 1. The molecule has 2 N–H and O–H groups in total. The van der Waals surface area contributed by atoms with Crippen LogP contribution in [0, 0.1) is 0 Å². The lowest BCUT2D eigenvalue weighted by Gasteiger charge is -2.38. The molecular formula is C22H26N4O4S. The molecule has 0 spiro atoms. The zero-order chi connectivity index (χ0) is 21.8. The second kappa shape index (κ2) is 9.40. The van der Waals surface area contributed by atoms with Gasteiger partial charge in [-0.15, -0.1) is 11.3 Å². The molecular weight excluding hydrogens is 416 g/mol. The van der Waals surface area contributed by atoms with E-state index in [9.17, 15) is 9.59 Å². The van der Waals surface area contributed by atoms with Gasteiger partial charge >= 0.3 is 12.0 Å². The summed E-state index contributed by atoms with van der Waals surface area (Å²) in [5, 5.41) is 7.62. The third-order valence-corrected chi connectivity index (χ3v) is 6.50. The van der Waals surface area contributed by atoms with E-state index in [4.69, 9.17) is 9.47 Å². The fourth-order valence-electron chi connectivity index (χ4n) is 4.02. The van der Waals surface area contributed by atoms with Gasteiger partial charge in [0, 0.05) is 43.3 Å². The normalized spacial score (nSPS) is 19.6. The van der Waals surface area contributed by atoms with E-state index in [2.05, 4.69) is 26.5 Å². The predicted molar refractivity (Wildman–Crippen MR) is 119 cm³/mol. The summed E-state index contributed by atoms with van der Waals surface area (Å²) in [7, 11) is 3.04. The average Bonchev–Trinajstić information content (AvgIpc) is 3.34. The zero-order valence-electron chi connectivity index (χ0n) is 17.6. The van der Waals surface area contributed by atoms with Crippen molar-refractivity contribution in [3.8, 4) is 5.75 Å². The van der Waals surface area contributed by atoms with Gasteiger partial charge < -0.3 is 25.0 Å². The minimum Gasteiger partial charge on any atom is -0.495 e. The summed E-state index contributed by atoms with van der Waals surface area (Å²) < 4.78 is 10.5. The van der Waals surface area contributed by atoms with Crippen LogP contribution in [0.15, 0.2) is 53.0 Å². The molecule has 0 bridgehead atoms. The maximum Gasteiger partial charge on any atom is 0.338 e. The van der Waals surface area contributed by atoms with E-state index in [0.717, 1.165) is 42.5 Å². The minimum absolute atomic E-state index is 0.311. The number of piperazine rings is 1. The highest BCUT2D eigenvalue weighted by Gasteiger charge is 2.35. The number of esters is 1. The Balaban J connectivity index is 1.52. The molecule has 1 aromatic carbocycles. The quantitative estimate of drug-likeness (QED) is 0.669. The SMILES string of the molecule is COC(=O)C1=C(CN2CCN(c3ccccc3OC)CC2)NC(=O)N[C@H]1c1cccs1. The smallest absolute Gasteiger partial charge is 0.338 e. The number of rotatable bonds is 6. The highest BCUT2D eigenvalue weighted by molar-refractivity contribution is 7.10. The van der Waals surface area contributed by atoms with Crippen molar-refractivity contribution in [1.82, 2.24) is 15.5 Å². The van der Waals surface area contributed by atoms with Crippen LogP contribution in [0.25, 0.3) is 0 Å². The molecule has 1 fully saturated rings. The maximum atomic E-state index is 12.6. The first-order chi connectivity index (χ1) is 15.1. The molecule has 164 valence electrons. The van der Waals surface area contributed by atoms with Gasteiger partial charge in [-0.05, 0) is 23.6 Å². The second-order valence-electron chi connectivity index (χ2n) is 7.37. The van der Waals surface area contributed by atoms with Crippen LogP contribution in [0.3, 0.4) is 0 Å². The van der Waals surface area contributed by atoms with Crippen LogP contribution in [0.5, 0.6) is 5.75 Å². The Morgan fingerprint density at radius 3 is 2.58 bits per heavy atom. The first-order valence-corrected chi connectivity index (χ1v) is 11.0. The molecule has 4 rings (SSSR count). The standard InChI is InChI=1S/C22H26N4O4S/c1-29-17-7-4-3-6-16(17)26-11-9-25(10-12-26)14-15-19(21(27)30-2)20(24-22(28)23-15)18-8-5-13-31-18/h3-8,13,20H,9-12,14H2,1-2H3,(H2,23,24,28)/t20-/m0/s1. The number of carbonyl (C=O) groups excluding carboxylic acids is 2. The van der Waals surface area contributed by atoms with Crippen molar-refractivity contribution in [1.29, 1.82) is 0 Å². The van der Waals surface area contributed by atoms with Crippen molar-refractivity contribution in [3.63, 3.8) is 0 Å². The van der Waals surface area contributed by atoms with Gasteiger partial charge in [0.2, 0.25) is 0 Å². The largest absolute Gasteiger partial charge is 0.495 e. The van der Waals surface area contributed by atoms with Gasteiger partial charge in [0.15, 0.2) is 0 Å². The highest BCUT2D eigenvalue weighted by atomic mass is 32.1. The van der Waals surface area contributed by atoms with Crippen molar-refractivity contribution in [3.05, 3.63) is 57.9 Å². The molecule has 0 aliphatic carbocycles. The Morgan fingerprint density at radius 2 is 1.90 bits per heavy atom. The number of hydrogen-bond acceptors (Lipinski definition) is 7. The number of nitrogens with zero attached hydrogens (tertiary/aromatic N) is 2. The summed E-state index contributed by atoms with van der Waals surface area (Å²) in [6, 6.07) is 11.0. The number of carbonyl (C=O) groups is 2. The molecule has 0 unspecified atom stereocenters. The molecule has 2 aliphatic heterocycles. The Morgan fingerprint density at radius 1 is 1.13 bits per heavy atom. The third-order valence-electron chi connectivity index (χ3n) is 5.57. The molecule has 0 radical (unpaired) electrons. The summed E-state index contributed by atoms with van der Waals surface area (Å²) in [5.74, 6) is 0.421. The molecule has 0 saturated carbocycles. The van der Waals surface area contributed by atoms with E-state index in [1.807, 2.05) is 35.7 Å². The van der Waals surface area contributed by atoms with Gasteiger partial charge in [0.1, 0.15) is 5.75 Å². The van der Waals surface area contributed by atoms with Crippen molar-refractivity contribution in [2.75, 3.05) is 51.8 Å². The second-order valence-corrected chi connectivity index (χ2v) is 8.35. The van der Waals surface area contributed by atoms with Crippen LogP contribution in [0.1, 0.15) is 10.9 Å². The Hall–Kier alpha value is -3.04. The summed E-state index contributed by atoms with van der Waals surface area (Å²) in [6.07, 6.45) is 0. The molecule has 1 atom stereocenters. The molecule has 9 heteroatoms. The molecule has 2 aromatic rings.